The van der Waals surface area contributed by atoms with Gasteiger partial charge in [-0.05, 0) is 43.0 Å². The van der Waals surface area contributed by atoms with Crippen LogP contribution in [0.1, 0.15) is 19.3 Å². The number of nitrogens with one attached hydrogen (secondary N) is 1. The minimum Gasteiger partial charge on any atom is -0.384 e. The van der Waals surface area contributed by atoms with Gasteiger partial charge in [-0.3, -0.25) is 4.98 Å². The van der Waals surface area contributed by atoms with Crippen LogP contribution in [-0.4, -0.2) is 17.6 Å². The molecule has 4 heteroatoms. The molecule has 1 heterocycles. The first-order valence-electron chi connectivity index (χ1n) is 6.78. The van der Waals surface area contributed by atoms with Gasteiger partial charge in [0.1, 0.15) is 0 Å². The monoisotopic (exact) mass is 275 g/mol. The van der Waals surface area contributed by atoms with E-state index in [1.807, 2.05) is 30.5 Å². The van der Waals surface area contributed by atoms with Crippen LogP contribution in [0.15, 0.2) is 30.5 Å². The lowest BCUT2D eigenvalue weighted by Crippen LogP contribution is -2.29. The molecule has 1 aliphatic carbocycles. The highest BCUT2D eigenvalue weighted by atomic mass is 35.5. The molecule has 0 aliphatic heterocycles. The molecule has 2 atom stereocenters. The Hall–Kier alpha value is -1.32. The van der Waals surface area contributed by atoms with Crippen LogP contribution in [0.4, 0.5) is 5.69 Å². The second-order valence-corrected chi connectivity index (χ2v) is 5.69. The Morgan fingerprint density at radius 1 is 1.32 bits per heavy atom. The quantitative estimate of drug-likeness (QED) is 0.902. The first-order valence-corrected chi connectivity index (χ1v) is 7.15. The Morgan fingerprint density at radius 2 is 2.21 bits per heavy atom. The third kappa shape index (κ3) is 2.67. The zero-order valence-corrected chi connectivity index (χ0v) is 11.5. The summed E-state index contributed by atoms with van der Waals surface area (Å²) < 4.78 is 0. The fraction of sp³-hybridized carbons (Fsp3) is 0.400. The third-order valence-electron chi connectivity index (χ3n) is 3.98. The molecule has 0 radical (unpaired) electrons. The van der Waals surface area contributed by atoms with Crippen molar-refractivity contribution in [2.75, 3.05) is 11.9 Å². The molecular formula is C15H18ClN3. The van der Waals surface area contributed by atoms with Crippen LogP contribution in [0.25, 0.3) is 10.9 Å². The maximum absolute atomic E-state index is 6.11. The number of pyridine rings is 1. The summed E-state index contributed by atoms with van der Waals surface area (Å²) in [7, 11) is 0. The van der Waals surface area contributed by atoms with Crippen molar-refractivity contribution in [3.05, 3.63) is 35.5 Å². The summed E-state index contributed by atoms with van der Waals surface area (Å²) >= 11 is 5.99. The summed E-state index contributed by atoms with van der Waals surface area (Å²) in [5.74, 6) is 0.579. The van der Waals surface area contributed by atoms with Gasteiger partial charge in [0.15, 0.2) is 0 Å². The molecule has 3 N–H and O–H groups in total. The Balaban J connectivity index is 1.81. The van der Waals surface area contributed by atoms with Crippen molar-refractivity contribution in [2.24, 2.45) is 11.7 Å². The van der Waals surface area contributed by atoms with E-state index in [9.17, 15) is 0 Å². The first kappa shape index (κ1) is 12.7. The number of rotatable bonds is 3. The zero-order valence-electron chi connectivity index (χ0n) is 10.8. The van der Waals surface area contributed by atoms with Crippen LogP contribution in [0.3, 0.4) is 0 Å². The number of anilines is 1. The van der Waals surface area contributed by atoms with Crippen LogP contribution in [-0.2, 0) is 0 Å². The molecule has 2 aromatic rings. The molecule has 1 aliphatic rings. The highest BCUT2D eigenvalue weighted by Gasteiger charge is 2.23. The van der Waals surface area contributed by atoms with Crippen molar-refractivity contribution in [1.29, 1.82) is 0 Å². The van der Waals surface area contributed by atoms with Gasteiger partial charge in [-0.2, -0.15) is 0 Å². The van der Waals surface area contributed by atoms with Gasteiger partial charge in [0.25, 0.3) is 0 Å². The first-order chi connectivity index (χ1) is 9.24. The minimum absolute atomic E-state index is 0.343. The normalized spacial score (nSPS) is 22.8. The molecule has 0 spiro atoms. The zero-order chi connectivity index (χ0) is 13.2. The number of nitrogens with zero attached hydrogens (tertiary/aromatic N) is 1. The number of fused-ring (bicyclic) bond motifs is 1. The lowest BCUT2D eigenvalue weighted by atomic mass is 10.0. The average molecular weight is 276 g/mol. The third-order valence-corrected chi connectivity index (χ3v) is 4.21. The summed E-state index contributed by atoms with van der Waals surface area (Å²) in [5.41, 5.74) is 8.14. The molecule has 100 valence electrons. The van der Waals surface area contributed by atoms with Crippen LogP contribution in [0, 0.1) is 5.92 Å². The van der Waals surface area contributed by atoms with E-state index in [1.54, 1.807) is 0 Å². The number of benzene rings is 1. The molecule has 3 rings (SSSR count). The number of hydrogen-bond acceptors (Lipinski definition) is 3. The Kier molecular flexibility index (Phi) is 3.58. The molecule has 0 amide bonds. The summed E-state index contributed by atoms with van der Waals surface area (Å²) in [4.78, 5) is 4.35. The highest BCUT2D eigenvalue weighted by Crippen LogP contribution is 2.27. The predicted molar refractivity (Wildman–Crippen MR) is 80.6 cm³/mol. The van der Waals surface area contributed by atoms with Crippen molar-refractivity contribution in [1.82, 2.24) is 4.98 Å². The van der Waals surface area contributed by atoms with E-state index >= 15 is 0 Å². The summed E-state index contributed by atoms with van der Waals surface area (Å²) in [6, 6.07) is 8.16. The van der Waals surface area contributed by atoms with Crippen molar-refractivity contribution in [3.63, 3.8) is 0 Å². The van der Waals surface area contributed by atoms with Gasteiger partial charge in [-0.1, -0.05) is 18.0 Å². The van der Waals surface area contributed by atoms with E-state index in [2.05, 4.69) is 10.3 Å². The average Bonchev–Trinajstić information content (AvgIpc) is 2.81. The standard InChI is InChI=1S/C15H18ClN3/c16-11-4-5-12-14(6-7-18-15(12)8-11)19-9-10-2-1-3-13(10)17/h4-8,10,13H,1-3,9,17H2,(H,18,19). The largest absolute Gasteiger partial charge is 0.384 e. The Bertz CT molecular complexity index is 585. The maximum Gasteiger partial charge on any atom is 0.0737 e. The maximum atomic E-state index is 6.11. The van der Waals surface area contributed by atoms with Crippen LogP contribution in [0.5, 0.6) is 0 Å². The second-order valence-electron chi connectivity index (χ2n) is 5.26. The van der Waals surface area contributed by atoms with E-state index in [1.165, 1.54) is 12.8 Å². The van der Waals surface area contributed by atoms with Crippen LogP contribution < -0.4 is 11.1 Å². The molecule has 1 saturated carbocycles. The molecule has 3 nitrogen and oxygen atoms in total. The van der Waals surface area contributed by atoms with Crippen molar-refractivity contribution in [2.45, 2.75) is 25.3 Å². The molecule has 1 fully saturated rings. The lowest BCUT2D eigenvalue weighted by molar-refractivity contribution is 0.505. The van der Waals surface area contributed by atoms with E-state index in [0.29, 0.717) is 12.0 Å². The summed E-state index contributed by atoms with van der Waals surface area (Å²) in [6.45, 7) is 0.933. The smallest absolute Gasteiger partial charge is 0.0737 e. The summed E-state index contributed by atoms with van der Waals surface area (Å²) in [6.07, 6.45) is 5.44. The molecule has 1 aromatic carbocycles. The molecular weight excluding hydrogens is 258 g/mol. The van der Waals surface area contributed by atoms with Crippen molar-refractivity contribution in [3.8, 4) is 0 Å². The van der Waals surface area contributed by atoms with E-state index in [-0.39, 0.29) is 0 Å². The van der Waals surface area contributed by atoms with Crippen molar-refractivity contribution >= 4 is 28.2 Å². The fourth-order valence-electron chi connectivity index (χ4n) is 2.84. The van der Waals surface area contributed by atoms with E-state index < -0.39 is 0 Å². The van der Waals surface area contributed by atoms with E-state index in [4.69, 9.17) is 17.3 Å². The highest BCUT2D eigenvalue weighted by molar-refractivity contribution is 6.31. The Labute approximate surface area is 118 Å². The number of nitrogens with two attached hydrogens (primary N) is 1. The van der Waals surface area contributed by atoms with Crippen LogP contribution >= 0.6 is 11.6 Å². The fourth-order valence-corrected chi connectivity index (χ4v) is 3.00. The van der Waals surface area contributed by atoms with Gasteiger partial charge in [-0.25, -0.2) is 0 Å². The molecule has 19 heavy (non-hydrogen) atoms. The molecule has 0 bridgehead atoms. The van der Waals surface area contributed by atoms with Crippen molar-refractivity contribution < 1.29 is 0 Å². The van der Waals surface area contributed by atoms with Crippen LogP contribution in [0.2, 0.25) is 5.02 Å². The lowest BCUT2D eigenvalue weighted by Gasteiger charge is -2.17. The number of halogens is 1. The molecule has 0 saturated heterocycles. The number of aromatic nitrogens is 1. The van der Waals surface area contributed by atoms with Gasteiger partial charge >= 0.3 is 0 Å². The Morgan fingerprint density at radius 3 is 3.00 bits per heavy atom. The second kappa shape index (κ2) is 5.35. The SMILES string of the molecule is NC1CCCC1CNc1ccnc2cc(Cl)ccc12. The molecule has 2 unspecified atom stereocenters. The number of hydrogen-bond donors (Lipinski definition) is 2. The van der Waals surface area contributed by atoms with Gasteiger partial charge < -0.3 is 11.1 Å². The van der Waals surface area contributed by atoms with Gasteiger partial charge in [0.05, 0.1) is 5.52 Å². The summed E-state index contributed by atoms with van der Waals surface area (Å²) in [5, 5.41) is 5.34. The topological polar surface area (TPSA) is 50.9 Å². The van der Waals surface area contributed by atoms with Gasteiger partial charge in [0.2, 0.25) is 0 Å². The predicted octanol–water partition coefficient (Wildman–Crippen LogP) is 3.43. The van der Waals surface area contributed by atoms with Gasteiger partial charge in [0, 0.05) is 34.9 Å². The molecule has 1 aromatic heterocycles. The minimum atomic E-state index is 0.343. The van der Waals surface area contributed by atoms with E-state index in [0.717, 1.165) is 34.6 Å². The van der Waals surface area contributed by atoms with Gasteiger partial charge in [-0.15, -0.1) is 0 Å².